The smallest absolute Gasteiger partial charge is 0.161 e. The molecular weight excluding hydrogens is 238 g/mol. The zero-order valence-electron chi connectivity index (χ0n) is 12.4. The van der Waals surface area contributed by atoms with E-state index in [0.717, 1.165) is 43.7 Å². The Balaban J connectivity index is 2.42. The van der Waals surface area contributed by atoms with Crippen molar-refractivity contribution >= 4 is 0 Å². The number of benzene rings is 1. The monoisotopic (exact) mass is 265 g/mol. The Morgan fingerprint density at radius 2 is 1.74 bits per heavy atom. The maximum atomic E-state index is 5.91. The molecule has 0 aliphatic rings. The molecule has 3 heteroatoms. The van der Waals surface area contributed by atoms with Crippen LogP contribution in [0.15, 0.2) is 24.3 Å². The number of ether oxygens (including phenoxy) is 2. The molecule has 1 aromatic carbocycles. The first kappa shape index (κ1) is 15.8. The van der Waals surface area contributed by atoms with Gasteiger partial charge in [-0.05, 0) is 49.8 Å². The van der Waals surface area contributed by atoms with Gasteiger partial charge >= 0.3 is 0 Å². The minimum absolute atomic E-state index is 0.282. The van der Waals surface area contributed by atoms with Gasteiger partial charge in [0.15, 0.2) is 11.5 Å². The van der Waals surface area contributed by atoms with E-state index < -0.39 is 0 Å². The summed E-state index contributed by atoms with van der Waals surface area (Å²) >= 11 is 0. The third-order valence-electron chi connectivity index (χ3n) is 4.11. The van der Waals surface area contributed by atoms with E-state index in [1.54, 1.807) is 7.11 Å². The minimum atomic E-state index is 0.282. The van der Waals surface area contributed by atoms with Crippen LogP contribution in [0.4, 0.5) is 0 Å². The lowest BCUT2D eigenvalue weighted by Gasteiger charge is -2.30. The van der Waals surface area contributed by atoms with E-state index in [-0.39, 0.29) is 5.41 Å². The Labute approximate surface area is 117 Å². The molecule has 2 N–H and O–H groups in total. The van der Waals surface area contributed by atoms with Gasteiger partial charge in [-0.3, -0.25) is 0 Å². The normalized spacial score (nSPS) is 11.4. The summed E-state index contributed by atoms with van der Waals surface area (Å²) in [5.41, 5.74) is 6.19. The zero-order valence-corrected chi connectivity index (χ0v) is 12.4. The SMILES string of the molecule is CCC(CC)(CN)CCCOc1ccccc1OC. The lowest BCUT2D eigenvalue weighted by Crippen LogP contribution is -2.29. The van der Waals surface area contributed by atoms with E-state index >= 15 is 0 Å². The molecule has 108 valence electrons. The first-order chi connectivity index (χ1) is 9.21. The van der Waals surface area contributed by atoms with Crippen LogP contribution in [-0.2, 0) is 0 Å². The Morgan fingerprint density at radius 3 is 2.26 bits per heavy atom. The van der Waals surface area contributed by atoms with Crippen molar-refractivity contribution < 1.29 is 9.47 Å². The van der Waals surface area contributed by atoms with E-state index in [2.05, 4.69) is 13.8 Å². The van der Waals surface area contributed by atoms with Gasteiger partial charge in [-0.2, -0.15) is 0 Å². The third kappa shape index (κ3) is 4.43. The second-order valence-electron chi connectivity index (χ2n) is 5.01. The predicted molar refractivity (Wildman–Crippen MR) is 79.8 cm³/mol. The molecule has 0 heterocycles. The van der Waals surface area contributed by atoms with Crippen molar-refractivity contribution in [2.75, 3.05) is 20.3 Å². The summed E-state index contributed by atoms with van der Waals surface area (Å²) in [5.74, 6) is 1.61. The van der Waals surface area contributed by atoms with Gasteiger partial charge in [0, 0.05) is 0 Å². The summed E-state index contributed by atoms with van der Waals surface area (Å²) in [6.07, 6.45) is 4.41. The third-order valence-corrected chi connectivity index (χ3v) is 4.11. The maximum Gasteiger partial charge on any atom is 0.161 e. The van der Waals surface area contributed by atoms with Gasteiger partial charge in [-0.1, -0.05) is 26.0 Å². The van der Waals surface area contributed by atoms with Gasteiger partial charge in [-0.25, -0.2) is 0 Å². The van der Waals surface area contributed by atoms with Crippen LogP contribution in [0, 0.1) is 5.41 Å². The van der Waals surface area contributed by atoms with Crippen LogP contribution in [0.5, 0.6) is 11.5 Å². The molecule has 0 spiro atoms. The molecule has 1 aromatic rings. The molecule has 0 aliphatic heterocycles. The Hall–Kier alpha value is -1.22. The molecule has 3 nitrogen and oxygen atoms in total. The van der Waals surface area contributed by atoms with Crippen molar-refractivity contribution in [1.82, 2.24) is 0 Å². The van der Waals surface area contributed by atoms with Crippen LogP contribution in [0.1, 0.15) is 39.5 Å². The summed E-state index contributed by atoms with van der Waals surface area (Å²) < 4.78 is 11.1. The zero-order chi connectivity index (χ0) is 14.1. The molecule has 0 bridgehead atoms. The van der Waals surface area contributed by atoms with E-state index in [4.69, 9.17) is 15.2 Å². The van der Waals surface area contributed by atoms with Crippen LogP contribution >= 0.6 is 0 Å². The Morgan fingerprint density at radius 1 is 1.11 bits per heavy atom. The van der Waals surface area contributed by atoms with Gasteiger partial charge in [0.25, 0.3) is 0 Å². The molecule has 0 fully saturated rings. The molecule has 0 saturated carbocycles. The van der Waals surface area contributed by atoms with E-state index in [9.17, 15) is 0 Å². The quantitative estimate of drug-likeness (QED) is 0.694. The van der Waals surface area contributed by atoms with Crippen molar-refractivity contribution in [1.29, 1.82) is 0 Å². The Kier molecular flexibility index (Phi) is 6.71. The van der Waals surface area contributed by atoms with Crippen LogP contribution in [-0.4, -0.2) is 20.3 Å². The first-order valence-corrected chi connectivity index (χ1v) is 7.17. The van der Waals surface area contributed by atoms with Crippen LogP contribution < -0.4 is 15.2 Å². The standard InChI is InChI=1S/C16H27NO2/c1-4-16(5-2,13-17)11-8-12-19-15-10-7-6-9-14(15)18-3/h6-7,9-10H,4-5,8,11-13,17H2,1-3H3. The van der Waals surface area contributed by atoms with Crippen molar-refractivity contribution in [2.45, 2.75) is 39.5 Å². The van der Waals surface area contributed by atoms with E-state index in [0.29, 0.717) is 6.61 Å². The summed E-state index contributed by atoms with van der Waals surface area (Å²) in [4.78, 5) is 0. The summed E-state index contributed by atoms with van der Waals surface area (Å²) in [7, 11) is 1.66. The highest BCUT2D eigenvalue weighted by Crippen LogP contribution is 2.31. The molecule has 0 aliphatic carbocycles. The molecule has 0 saturated heterocycles. The fourth-order valence-electron chi connectivity index (χ4n) is 2.36. The van der Waals surface area contributed by atoms with Crippen molar-refractivity contribution in [3.05, 3.63) is 24.3 Å². The van der Waals surface area contributed by atoms with Crippen LogP contribution in [0.3, 0.4) is 0 Å². The molecular formula is C16H27NO2. The lowest BCUT2D eigenvalue weighted by atomic mass is 9.78. The fraction of sp³-hybridized carbons (Fsp3) is 0.625. The summed E-state index contributed by atoms with van der Waals surface area (Å²) in [6.45, 7) is 5.91. The van der Waals surface area contributed by atoms with Crippen molar-refractivity contribution in [3.63, 3.8) is 0 Å². The predicted octanol–water partition coefficient (Wildman–Crippen LogP) is 3.62. The molecule has 0 amide bonds. The number of para-hydroxylation sites is 2. The topological polar surface area (TPSA) is 44.5 Å². The second-order valence-corrected chi connectivity index (χ2v) is 5.01. The average Bonchev–Trinajstić information content (AvgIpc) is 2.48. The fourth-order valence-corrected chi connectivity index (χ4v) is 2.36. The number of hydrogen-bond acceptors (Lipinski definition) is 3. The molecule has 0 aromatic heterocycles. The Bertz CT molecular complexity index is 353. The summed E-state index contributed by atoms with van der Waals surface area (Å²) in [6, 6.07) is 7.76. The number of hydrogen-bond donors (Lipinski definition) is 1. The number of rotatable bonds is 9. The van der Waals surface area contributed by atoms with Crippen molar-refractivity contribution in [2.24, 2.45) is 11.1 Å². The summed E-state index contributed by atoms with van der Waals surface area (Å²) in [5, 5.41) is 0. The highest BCUT2D eigenvalue weighted by Gasteiger charge is 2.23. The van der Waals surface area contributed by atoms with Crippen molar-refractivity contribution in [3.8, 4) is 11.5 Å². The van der Waals surface area contributed by atoms with Gasteiger partial charge < -0.3 is 15.2 Å². The lowest BCUT2D eigenvalue weighted by molar-refractivity contribution is 0.210. The van der Waals surface area contributed by atoms with Gasteiger partial charge in [0.05, 0.1) is 13.7 Å². The first-order valence-electron chi connectivity index (χ1n) is 7.17. The van der Waals surface area contributed by atoms with E-state index in [1.165, 1.54) is 0 Å². The molecule has 0 unspecified atom stereocenters. The molecule has 1 rings (SSSR count). The number of nitrogens with two attached hydrogens (primary N) is 1. The highest BCUT2D eigenvalue weighted by atomic mass is 16.5. The van der Waals surface area contributed by atoms with Crippen LogP contribution in [0.2, 0.25) is 0 Å². The van der Waals surface area contributed by atoms with Gasteiger partial charge in [-0.15, -0.1) is 0 Å². The maximum absolute atomic E-state index is 5.91. The van der Waals surface area contributed by atoms with Gasteiger partial charge in [0.2, 0.25) is 0 Å². The average molecular weight is 265 g/mol. The number of methoxy groups -OCH3 is 1. The molecule has 0 radical (unpaired) electrons. The van der Waals surface area contributed by atoms with Gasteiger partial charge in [0.1, 0.15) is 0 Å². The van der Waals surface area contributed by atoms with E-state index in [1.807, 2.05) is 24.3 Å². The molecule has 0 atom stereocenters. The largest absolute Gasteiger partial charge is 0.493 e. The molecule has 19 heavy (non-hydrogen) atoms. The second kappa shape index (κ2) is 8.05. The van der Waals surface area contributed by atoms with Crippen LogP contribution in [0.25, 0.3) is 0 Å². The minimum Gasteiger partial charge on any atom is -0.493 e. The highest BCUT2D eigenvalue weighted by molar-refractivity contribution is 5.39.